The maximum atomic E-state index is 5.99. The lowest BCUT2D eigenvalue weighted by molar-refractivity contribution is 0.0687. The highest BCUT2D eigenvalue weighted by atomic mass is 35.5. The van der Waals surface area contributed by atoms with Gasteiger partial charge in [-0.05, 0) is 20.5 Å². The summed E-state index contributed by atoms with van der Waals surface area (Å²) >= 11 is 12.0. The minimum Gasteiger partial charge on any atom is -0.263 e. The molecule has 0 atom stereocenters. The lowest BCUT2D eigenvalue weighted by Crippen LogP contribution is -2.54. The Morgan fingerprint density at radius 3 is 1.80 bits per heavy atom. The van der Waals surface area contributed by atoms with Crippen molar-refractivity contribution in [2.24, 2.45) is 0 Å². The van der Waals surface area contributed by atoms with Crippen molar-refractivity contribution in [1.82, 2.24) is 9.80 Å². The number of alkyl halides is 2. The third kappa shape index (κ3) is 1.40. The van der Waals surface area contributed by atoms with Gasteiger partial charge in [0.25, 0.3) is 0 Å². The molecule has 0 aliphatic carbocycles. The first-order valence-corrected chi connectivity index (χ1v) is 4.11. The van der Waals surface area contributed by atoms with E-state index in [-0.39, 0.29) is 0 Å². The molecule has 10 heavy (non-hydrogen) atoms. The molecule has 2 nitrogen and oxygen atoms in total. The molecule has 1 aliphatic rings. The van der Waals surface area contributed by atoms with Crippen molar-refractivity contribution >= 4 is 23.2 Å². The molecule has 1 fully saturated rings. The average molecular weight is 183 g/mol. The van der Waals surface area contributed by atoms with E-state index < -0.39 is 4.58 Å². The zero-order valence-electron chi connectivity index (χ0n) is 6.27. The second-order valence-electron chi connectivity index (χ2n) is 2.71. The predicted molar refractivity (Wildman–Crippen MR) is 44.3 cm³/mol. The summed E-state index contributed by atoms with van der Waals surface area (Å²) in [6, 6.07) is 0. The zero-order valence-corrected chi connectivity index (χ0v) is 7.78. The summed E-state index contributed by atoms with van der Waals surface area (Å²) in [5.41, 5.74) is 0. The summed E-state index contributed by atoms with van der Waals surface area (Å²) in [5.74, 6) is 0. The molecular weight excluding hydrogens is 171 g/mol. The van der Waals surface area contributed by atoms with Crippen LogP contribution in [0.4, 0.5) is 0 Å². The Morgan fingerprint density at radius 1 is 1.10 bits per heavy atom. The highest BCUT2D eigenvalue weighted by Gasteiger charge is 2.36. The smallest absolute Gasteiger partial charge is 0.228 e. The predicted octanol–water partition coefficient (Wildman–Crippen LogP) is 1.34. The van der Waals surface area contributed by atoms with Crippen LogP contribution in [0.15, 0.2) is 0 Å². The summed E-state index contributed by atoms with van der Waals surface area (Å²) < 4.78 is -0.793. The van der Waals surface area contributed by atoms with Crippen molar-refractivity contribution in [3.8, 4) is 0 Å². The Hall–Kier alpha value is 0.500. The molecule has 0 aromatic carbocycles. The van der Waals surface area contributed by atoms with Crippen LogP contribution in [0.25, 0.3) is 0 Å². The quantitative estimate of drug-likeness (QED) is 0.413. The Labute approximate surface area is 71.7 Å². The Balaban J connectivity index is 2.63. The molecule has 0 amide bonds. The van der Waals surface area contributed by atoms with Crippen LogP contribution in [0.2, 0.25) is 0 Å². The second-order valence-corrected chi connectivity index (χ2v) is 3.95. The first-order valence-electron chi connectivity index (χ1n) is 3.35. The topological polar surface area (TPSA) is 6.48 Å². The molecule has 0 spiro atoms. The van der Waals surface area contributed by atoms with Crippen molar-refractivity contribution in [2.45, 2.75) is 11.0 Å². The third-order valence-corrected chi connectivity index (χ3v) is 3.06. The second kappa shape index (κ2) is 2.86. The molecule has 1 aliphatic heterocycles. The molecular formula is C6H12Cl2N2. The van der Waals surface area contributed by atoms with Crippen molar-refractivity contribution in [3.63, 3.8) is 0 Å². The average Bonchev–Trinajstić information content (AvgIpc) is 1.84. The van der Waals surface area contributed by atoms with Gasteiger partial charge < -0.3 is 0 Å². The van der Waals surface area contributed by atoms with Crippen molar-refractivity contribution in [3.05, 3.63) is 0 Å². The Kier molecular flexibility index (Phi) is 2.46. The molecule has 1 saturated heterocycles. The normalized spacial score (nSPS) is 28.8. The molecule has 0 unspecified atom stereocenters. The largest absolute Gasteiger partial charge is 0.263 e. The number of hydrogen-bond donors (Lipinski definition) is 0. The molecule has 0 aromatic heterocycles. The summed E-state index contributed by atoms with van der Waals surface area (Å²) in [6.45, 7) is 1.94. The van der Waals surface area contributed by atoms with E-state index in [9.17, 15) is 0 Å². The van der Waals surface area contributed by atoms with Crippen LogP contribution in [0.5, 0.6) is 0 Å². The van der Waals surface area contributed by atoms with E-state index in [4.69, 9.17) is 23.2 Å². The van der Waals surface area contributed by atoms with Gasteiger partial charge >= 0.3 is 0 Å². The molecule has 0 saturated carbocycles. The number of nitrogens with zero attached hydrogens (tertiary/aromatic N) is 2. The fraction of sp³-hybridized carbons (Fsp3) is 1.00. The van der Waals surface area contributed by atoms with Gasteiger partial charge in [-0.25, -0.2) is 0 Å². The SMILES string of the molecule is CN1CCCN(C)C1(Cl)Cl. The molecule has 1 rings (SSSR count). The Morgan fingerprint density at radius 2 is 1.50 bits per heavy atom. The molecule has 1 heterocycles. The first-order chi connectivity index (χ1) is 4.55. The highest BCUT2D eigenvalue weighted by Crippen LogP contribution is 2.30. The lowest BCUT2D eigenvalue weighted by atomic mass is 10.3. The van der Waals surface area contributed by atoms with Crippen molar-refractivity contribution < 1.29 is 0 Å². The van der Waals surface area contributed by atoms with Crippen LogP contribution in [0.3, 0.4) is 0 Å². The summed E-state index contributed by atoms with van der Waals surface area (Å²) in [4.78, 5) is 3.86. The van der Waals surface area contributed by atoms with Gasteiger partial charge in [0.1, 0.15) is 0 Å². The van der Waals surface area contributed by atoms with Crippen LogP contribution in [0, 0.1) is 0 Å². The molecule has 0 bridgehead atoms. The molecule has 0 radical (unpaired) electrons. The number of hydrogen-bond acceptors (Lipinski definition) is 2. The number of rotatable bonds is 0. The molecule has 0 aromatic rings. The van der Waals surface area contributed by atoms with E-state index >= 15 is 0 Å². The maximum Gasteiger partial charge on any atom is 0.228 e. The standard InChI is InChI=1S/C6H12Cl2N2/c1-9-4-3-5-10(2)6(9,7)8/h3-5H2,1-2H3. The van der Waals surface area contributed by atoms with Gasteiger partial charge in [0.2, 0.25) is 4.58 Å². The Bertz CT molecular complexity index is 115. The first kappa shape index (κ1) is 8.60. The van der Waals surface area contributed by atoms with E-state index in [1.165, 1.54) is 0 Å². The fourth-order valence-corrected chi connectivity index (χ4v) is 1.44. The van der Waals surface area contributed by atoms with Crippen LogP contribution >= 0.6 is 23.2 Å². The summed E-state index contributed by atoms with van der Waals surface area (Å²) in [7, 11) is 3.85. The van der Waals surface area contributed by atoms with Gasteiger partial charge in [0.15, 0.2) is 0 Å². The van der Waals surface area contributed by atoms with Gasteiger partial charge in [0, 0.05) is 13.1 Å². The maximum absolute atomic E-state index is 5.99. The van der Waals surface area contributed by atoms with Gasteiger partial charge in [-0.15, -0.1) is 0 Å². The van der Waals surface area contributed by atoms with E-state index in [1.54, 1.807) is 0 Å². The van der Waals surface area contributed by atoms with Crippen LogP contribution in [-0.4, -0.2) is 41.6 Å². The minimum absolute atomic E-state index is 0.793. The minimum atomic E-state index is -0.793. The van der Waals surface area contributed by atoms with E-state index in [0.717, 1.165) is 19.5 Å². The summed E-state index contributed by atoms with van der Waals surface area (Å²) in [6.07, 6.45) is 1.13. The van der Waals surface area contributed by atoms with Crippen LogP contribution < -0.4 is 0 Å². The third-order valence-electron chi connectivity index (χ3n) is 1.91. The van der Waals surface area contributed by atoms with Crippen LogP contribution in [0.1, 0.15) is 6.42 Å². The van der Waals surface area contributed by atoms with Gasteiger partial charge in [-0.1, -0.05) is 23.2 Å². The van der Waals surface area contributed by atoms with E-state index in [0.29, 0.717) is 0 Å². The van der Waals surface area contributed by atoms with Gasteiger partial charge in [0.05, 0.1) is 0 Å². The monoisotopic (exact) mass is 182 g/mol. The van der Waals surface area contributed by atoms with E-state index in [1.807, 2.05) is 23.9 Å². The van der Waals surface area contributed by atoms with Gasteiger partial charge in [-0.3, -0.25) is 9.80 Å². The summed E-state index contributed by atoms with van der Waals surface area (Å²) in [5, 5.41) is 0. The fourth-order valence-electron chi connectivity index (χ4n) is 1.11. The van der Waals surface area contributed by atoms with E-state index in [2.05, 4.69) is 0 Å². The molecule has 4 heteroatoms. The molecule has 0 N–H and O–H groups in total. The van der Waals surface area contributed by atoms with Gasteiger partial charge in [-0.2, -0.15) is 0 Å². The van der Waals surface area contributed by atoms with Crippen molar-refractivity contribution in [1.29, 1.82) is 0 Å². The zero-order chi connectivity index (χ0) is 7.78. The number of halogens is 2. The van der Waals surface area contributed by atoms with Crippen LogP contribution in [-0.2, 0) is 0 Å². The highest BCUT2D eigenvalue weighted by molar-refractivity contribution is 6.47. The van der Waals surface area contributed by atoms with Crippen molar-refractivity contribution in [2.75, 3.05) is 27.2 Å². The molecule has 60 valence electrons. The lowest BCUT2D eigenvalue weighted by Gasteiger charge is -2.42.